The topological polar surface area (TPSA) is 83.7 Å². The van der Waals surface area contributed by atoms with Crippen molar-refractivity contribution in [2.24, 2.45) is 0 Å². The Bertz CT molecular complexity index is 937. The summed E-state index contributed by atoms with van der Waals surface area (Å²) in [5, 5.41) is 7.99. The van der Waals surface area contributed by atoms with Gasteiger partial charge < -0.3 is 18.6 Å². The van der Waals surface area contributed by atoms with Gasteiger partial charge in [0.05, 0.1) is 18.8 Å². The first-order chi connectivity index (χ1) is 13.5. The third kappa shape index (κ3) is 4.49. The summed E-state index contributed by atoms with van der Waals surface area (Å²) in [6.07, 6.45) is -0.710. The molecule has 0 aliphatic heterocycles. The zero-order chi connectivity index (χ0) is 20.1. The van der Waals surface area contributed by atoms with Crippen LogP contribution in [-0.2, 0) is 4.74 Å². The standard InChI is InChI=1S/C21H22N2O5/c1-13(2)26-17-11-10-16(12-18(17)25-4)21(24)27-14(3)19-22-23-20(28-19)15-8-6-5-7-9-15/h5-14H,1-4H3. The number of esters is 1. The van der Waals surface area contributed by atoms with Crippen molar-refractivity contribution in [1.82, 2.24) is 10.2 Å². The molecule has 1 unspecified atom stereocenters. The van der Waals surface area contributed by atoms with Crippen molar-refractivity contribution < 1.29 is 23.4 Å². The van der Waals surface area contributed by atoms with E-state index in [1.54, 1.807) is 25.1 Å². The number of ether oxygens (including phenoxy) is 3. The summed E-state index contributed by atoms with van der Waals surface area (Å²) < 4.78 is 22.1. The minimum atomic E-state index is -0.699. The van der Waals surface area contributed by atoms with Crippen LogP contribution in [0.5, 0.6) is 11.5 Å². The molecule has 28 heavy (non-hydrogen) atoms. The van der Waals surface area contributed by atoms with E-state index in [4.69, 9.17) is 18.6 Å². The number of aromatic nitrogens is 2. The van der Waals surface area contributed by atoms with E-state index >= 15 is 0 Å². The Morgan fingerprint density at radius 2 is 1.75 bits per heavy atom. The fraction of sp³-hybridized carbons (Fsp3) is 0.286. The Labute approximate surface area is 163 Å². The second-order valence-electron chi connectivity index (χ2n) is 6.39. The number of carbonyl (C=O) groups is 1. The van der Waals surface area contributed by atoms with Gasteiger partial charge in [-0.25, -0.2) is 4.79 Å². The molecular weight excluding hydrogens is 360 g/mol. The van der Waals surface area contributed by atoms with Crippen molar-refractivity contribution in [1.29, 1.82) is 0 Å². The molecule has 1 aromatic heterocycles. The van der Waals surface area contributed by atoms with Crippen molar-refractivity contribution in [2.45, 2.75) is 33.0 Å². The van der Waals surface area contributed by atoms with Gasteiger partial charge in [0.1, 0.15) is 0 Å². The molecule has 0 aliphatic rings. The number of nitrogens with zero attached hydrogens (tertiary/aromatic N) is 2. The molecule has 1 heterocycles. The minimum Gasteiger partial charge on any atom is -0.493 e. The van der Waals surface area contributed by atoms with Crippen LogP contribution in [0.25, 0.3) is 11.5 Å². The van der Waals surface area contributed by atoms with E-state index in [1.165, 1.54) is 7.11 Å². The van der Waals surface area contributed by atoms with Crippen LogP contribution < -0.4 is 9.47 Å². The lowest BCUT2D eigenvalue weighted by atomic mass is 10.2. The highest BCUT2D eigenvalue weighted by atomic mass is 16.6. The maximum absolute atomic E-state index is 12.5. The first-order valence-corrected chi connectivity index (χ1v) is 8.92. The van der Waals surface area contributed by atoms with Crippen LogP contribution in [0.1, 0.15) is 43.1 Å². The first-order valence-electron chi connectivity index (χ1n) is 8.92. The van der Waals surface area contributed by atoms with Gasteiger partial charge in [-0.2, -0.15) is 0 Å². The van der Waals surface area contributed by atoms with Crippen molar-refractivity contribution >= 4 is 5.97 Å². The van der Waals surface area contributed by atoms with Gasteiger partial charge in [0, 0.05) is 5.56 Å². The Morgan fingerprint density at radius 3 is 2.43 bits per heavy atom. The van der Waals surface area contributed by atoms with Crippen LogP contribution in [0, 0.1) is 0 Å². The van der Waals surface area contributed by atoms with Crippen molar-refractivity contribution in [3.8, 4) is 23.0 Å². The normalized spacial score (nSPS) is 11.9. The van der Waals surface area contributed by atoms with Gasteiger partial charge in [0.2, 0.25) is 5.89 Å². The fourth-order valence-electron chi connectivity index (χ4n) is 2.52. The summed E-state index contributed by atoms with van der Waals surface area (Å²) in [5.74, 6) is 1.09. The maximum Gasteiger partial charge on any atom is 0.339 e. The zero-order valence-corrected chi connectivity index (χ0v) is 16.2. The van der Waals surface area contributed by atoms with Crippen LogP contribution in [0.2, 0.25) is 0 Å². The molecule has 0 amide bonds. The highest BCUT2D eigenvalue weighted by molar-refractivity contribution is 5.90. The molecule has 146 valence electrons. The molecule has 0 bridgehead atoms. The van der Waals surface area contributed by atoms with E-state index in [-0.39, 0.29) is 12.0 Å². The van der Waals surface area contributed by atoms with Gasteiger partial charge in [-0.15, -0.1) is 10.2 Å². The van der Waals surface area contributed by atoms with E-state index in [0.29, 0.717) is 23.0 Å². The molecule has 1 atom stereocenters. The molecule has 0 radical (unpaired) electrons. The first kappa shape index (κ1) is 19.4. The largest absolute Gasteiger partial charge is 0.493 e. The number of benzene rings is 2. The second kappa shape index (κ2) is 8.56. The summed E-state index contributed by atoms with van der Waals surface area (Å²) in [6.45, 7) is 5.50. The van der Waals surface area contributed by atoms with Crippen LogP contribution in [-0.4, -0.2) is 29.4 Å². The zero-order valence-electron chi connectivity index (χ0n) is 16.2. The lowest BCUT2D eigenvalue weighted by Crippen LogP contribution is -2.11. The van der Waals surface area contributed by atoms with Crippen molar-refractivity contribution in [3.05, 3.63) is 60.0 Å². The van der Waals surface area contributed by atoms with Gasteiger partial charge in [-0.05, 0) is 51.1 Å². The highest BCUT2D eigenvalue weighted by Gasteiger charge is 2.21. The van der Waals surface area contributed by atoms with Gasteiger partial charge in [-0.1, -0.05) is 18.2 Å². The third-order valence-corrected chi connectivity index (χ3v) is 3.85. The summed E-state index contributed by atoms with van der Waals surface area (Å²) in [6, 6.07) is 14.3. The molecule has 0 saturated heterocycles. The molecule has 7 heteroatoms. The molecular formula is C21H22N2O5. The fourth-order valence-corrected chi connectivity index (χ4v) is 2.52. The average molecular weight is 382 g/mol. The maximum atomic E-state index is 12.5. The smallest absolute Gasteiger partial charge is 0.339 e. The number of carbonyl (C=O) groups excluding carboxylic acids is 1. The van der Waals surface area contributed by atoms with E-state index < -0.39 is 12.1 Å². The number of rotatable bonds is 7. The molecule has 7 nitrogen and oxygen atoms in total. The Balaban J connectivity index is 1.71. The van der Waals surface area contributed by atoms with E-state index in [1.807, 2.05) is 44.2 Å². The molecule has 0 saturated carbocycles. The minimum absolute atomic E-state index is 0.0111. The van der Waals surface area contributed by atoms with E-state index in [0.717, 1.165) is 5.56 Å². The second-order valence-corrected chi connectivity index (χ2v) is 6.39. The molecule has 0 aliphatic carbocycles. The van der Waals surface area contributed by atoms with Gasteiger partial charge >= 0.3 is 5.97 Å². The van der Waals surface area contributed by atoms with Crippen LogP contribution >= 0.6 is 0 Å². The van der Waals surface area contributed by atoms with Crippen molar-refractivity contribution in [3.63, 3.8) is 0 Å². The molecule has 2 aromatic carbocycles. The predicted octanol–water partition coefficient (Wildman–Crippen LogP) is 4.45. The monoisotopic (exact) mass is 382 g/mol. The highest BCUT2D eigenvalue weighted by Crippen LogP contribution is 2.30. The SMILES string of the molecule is COc1cc(C(=O)OC(C)c2nnc(-c3ccccc3)o2)ccc1OC(C)C. The predicted molar refractivity (Wildman–Crippen MR) is 102 cm³/mol. The Hall–Kier alpha value is -3.35. The molecule has 0 spiro atoms. The molecule has 0 N–H and O–H groups in total. The van der Waals surface area contributed by atoms with Crippen LogP contribution in [0.15, 0.2) is 52.9 Å². The van der Waals surface area contributed by atoms with Crippen molar-refractivity contribution in [2.75, 3.05) is 7.11 Å². The van der Waals surface area contributed by atoms with Crippen LogP contribution in [0.4, 0.5) is 0 Å². The Kier molecular flexibility index (Phi) is 5.93. The van der Waals surface area contributed by atoms with E-state index in [2.05, 4.69) is 10.2 Å². The van der Waals surface area contributed by atoms with Gasteiger partial charge in [-0.3, -0.25) is 0 Å². The van der Waals surface area contributed by atoms with Gasteiger partial charge in [0.25, 0.3) is 5.89 Å². The molecule has 3 rings (SSSR count). The summed E-state index contributed by atoms with van der Waals surface area (Å²) >= 11 is 0. The Morgan fingerprint density at radius 1 is 1.00 bits per heavy atom. The average Bonchev–Trinajstić information content (AvgIpc) is 3.19. The summed E-state index contributed by atoms with van der Waals surface area (Å²) in [7, 11) is 1.52. The van der Waals surface area contributed by atoms with Gasteiger partial charge in [0.15, 0.2) is 17.6 Å². The quantitative estimate of drug-likeness (QED) is 0.558. The number of hydrogen-bond donors (Lipinski definition) is 0. The molecule has 3 aromatic rings. The number of hydrogen-bond acceptors (Lipinski definition) is 7. The number of methoxy groups -OCH3 is 1. The summed E-state index contributed by atoms with van der Waals surface area (Å²) in [4.78, 5) is 12.5. The summed E-state index contributed by atoms with van der Waals surface area (Å²) in [5.41, 5.74) is 1.13. The van der Waals surface area contributed by atoms with E-state index in [9.17, 15) is 4.79 Å². The third-order valence-electron chi connectivity index (χ3n) is 3.85. The lowest BCUT2D eigenvalue weighted by molar-refractivity contribution is 0.0279. The lowest BCUT2D eigenvalue weighted by Gasteiger charge is -2.15. The molecule has 0 fully saturated rings. The van der Waals surface area contributed by atoms with Crippen LogP contribution in [0.3, 0.4) is 0 Å².